The molecule has 1 aliphatic rings. The van der Waals surface area contributed by atoms with Gasteiger partial charge in [-0.3, -0.25) is 4.79 Å². The maximum Gasteiger partial charge on any atom is 0.255 e. The molecule has 0 radical (unpaired) electrons. The number of quaternary nitrogens is 1. The normalized spacial score (nSPS) is 14.6. The highest BCUT2D eigenvalue weighted by Gasteiger charge is 2.18. The van der Waals surface area contributed by atoms with Crippen molar-refractivity contribution in [2.24, 2.45) is 0 Å². The molecule has 4 nitrogen and oxygen atoms in total. The van der Waals surface area contributed by atoms with Crippen LogP contribution in [-0.4, -0.2) is 38.6 Å². The molecule has 0 aromatic heterocycles. The molecule has 1 heterocycles. The Morgan fingerprint density at radius 3 is 2.10 bits per heavy atom. The number of hydrogen-bond acceptors (Lipinski definition) is 2. The Morgan fingerprint density at radius 1 is 0.862 bits per heavy atom. The van der Waals surface area contributed by atoms with Gasteiger partial charge in [0.05, 0.1) is 32.7 Å². The number of hydrogen-bond donors (Lipinski definition) is 2. The SMILES string of the molecule is CC[NH+]1CCN(c2ccc(NC(=O)c3ccc(-c4ccccc4)cc3)cc2)CC1. The summed E-state index contributed by atoms with van der Waals surface area (Å²) in [6, 6.07) is 26.1. The molecule has 1 amide bonds. The van der Waals surface area contributed by atoms with Gasteiger partial charge in [0.25, 0.3) is 5.91 Å². The Labute approximate surface area is 172 Å². The fourth-order valence-electron chi connectivity index (χ4n) is 3.84. The second-order valence-corrected chi connectivity index (χ2v) is 7.53. The van der Waals surface area contributed by atoms with Crippen molar-refractivity contribution in [3.8, 4) is 11.1 Å². The summed E-state index contributed by atoms with van der Waals surface area (Å²) in [5, 5.41) is 3.00. The van der Waals surface area contributed by atoms with E-state index in [0.29, 0.717) is 5.56 Å². The van der Waals surface area contributed by atoms with Crippen molar-refractivity contribution < 1.29 is 9.69 Å². The van der Waals surface area contributed by atoms with Gasteiger partial charge in [-0.1, -0.05) is 42.5 Å². The van der Waals surface area contributed by atoms with Gasteiger partial charge in [0, 0.05) is 16.9 Å². The molecule has 0 bridgehead atoms. The van der Waals surface area contributed by atoms with Crippen molar-refractivity contribution >= 4 is 17.3 Å². The van der Waals surface area contributed by atoms with Crippen LogP contribution < -0.4 is 15.1 Å². The zero-order chi connectivity index (χ0) is 20.1. The Balaban J connectivity index is 1.37. The largest absolute Gasteiger partial charge is 0.360 e. The molecular formula is C25H28N3O+. The van der Waals surface area contributed by atoms with Crippen molar-refractivity contribution in [1.82, 2.24) is 0 Å². The van der Waals surface area contributed by atoms with E-state index in [2.05, 4.69) is 41.4 Å². The van der Waals surface area contributed by atoms with Crippen molar-refractivity contribution in [3.63, 3.8) is 0 Å². The summed E-state index contributed by atoms with van der Waals surface area (Å²) < 4.78 is 0. The van der Waals surface area contributed by atoms with Crippen LogP contribution in [0, 0.1) is 0 Å². The lowest BCUT2D eigenvalue weighted by Crippen LogP contribution is -3.14. The summed E-state index contributed by atoms with van der Waals surface area (Å²) in [4.78, 5) is 16.7. The van der Waals surface area contributed by atoms with Gasteiger partial charge in [0.1, 0.15) is 0 Å². The number of nitrogens with zero attached hydrogens (tertiary/aromatic N) is 1. The summed E-state index contributed by atoms with van der Waals surface area (Å²) in [7, 11) is 0. The molecule has 0 spiro atoms. The maximum atomic E-state index is 12.6. The van der Waals surface area contributed by atoms with Gasteiger partial charge in [-0.05, 0) is 54.4 Å². The van der Waals surface area contributed by atoms with Crippen molar-refractivity contribution in [2.75, 3.05) is 42.9 Å². The van der Waals surface area contributed by atoms with Gasteiger partial charge >= 0.3 is 0 Å². The lowest BCUT2D eigenvalue weighted by molar-refractivity contribution is -0.898. The first kappa shape index (κ1) is 19.2. The number of benzene rings is 3. The third-order valence-corrected chi connectivity index (χ3v) is 5.72. The third-order valence-electron chi connectivity index (χ3n) is 5.72. The number of likely N-dealkylation sites (N-methyl/N-ethyl adjacent to an activating group) is 1. The number of nitrogens with one attached hydrogen (secondary N) is 2. The third kappa shape index (κ3) is 4.66. The number of carbonyl (C=O) groups excluding carboxylic acids is 1. The quantitative estimate of drug-likeness (QED) is 0.706. The summed E-state index contributed by atoms with van der Waals surface area (Å²) in [5.41, 5.74) is 4.97. The molecule has 1 aliphatic heterocycles. The molecule has 4 heteroatoms. The summed E-state index contributed by atoms with van der Waals surface area (Å²) in [6.45, 7) is 8.00. The molecule has 0 unspecified atom stereocenters. The predicted molar refractivity (Wildman–Crippen MR) is 120 cm³/mol. The lowest BCUT2D eigenvalue weighted by Gasteiger charge is -2.33. The minimum absolute atomic E-state index is 0.0856. The van der Waals surface area contributed by atoms with Crippen LogP contribution >= 0.6 is 0 Å². The van der Waals surface area contributed by atoms with Crippen LogP contribution in [0.1, 0.15) is 17.3 Å². The molecular weight excluding hydrogens is 358 g/mol. The number of rotatable bonds is 5. The molecule has 2 N–H and O–H groups in total. The van der Waals surface area contributed by atoms with Crippen molar-refractivity contribution in [1.29, 1.82) is 0 Å². The zero-order valence-electron chi connectivity index (χ0n) is 16.9. The summed E-state index contributed by atoms with van der Waals surface area (Å²) >= 11 is 0. The Hall–Kier alpha value is -3.11. The van der Waals surface area contributed by atoms with Gasteiger partial charge in [-0.15, -0.1) is 0 Å². The molecule has 3 aromatic rings. The molecule has 0 atom stereocenters. The Bertz CT molecular complexity index is 928. The van der Waals surface area contributed by atoms with Crippen LogP contribution in [-0.2, 0) is 0 Å². The van der Waals surface area contributed by atoms with Gasteiger partial charge in [0.15, 0.2) is 0 Å². The van der Waals surface area contributed by atoms with Crippen LogP contribution in [0.4, 0.5) is 11.4 Å². The minimum Gasteiger partial charge on any atom is -0.360 e. The van der Waals surface area contributed by atoms with E-state index in [1.165, 1.54) is 25.3 Å². The van der Waals surface area contributed by atoms with Crippen molar-refractivity contribution in [3.05, 3.63) is 84.4 Å². The number of amides is 1. The van der Waals surface area contributed by atoms with Gasteiger partial charge in [0.2, 0.25) is 0 Å². The fourth-order valence-corrected chi connectivity index (χ4v) is 3.84. The van der Waals surface area contributed by atoms with Crippen molar-refractivity contribution in [2.45, 2.75) is 6.92 Å². The van der Waals surface area contributed by atoms with E-state index < -0.39 is 0 Å². The molecule has 1 saturated heterocycles. The molecule has 0 saturated carbocycles. The highest BCUT2D eigenvalue weighted by atomic mass is 16.1. The number of anilines is 2. The average molecular weight is 387 g/mol. The van der Waals surface area contributed by atoms with Gasteiger partial charge < -0.3 is 15.1 Å². The van der Waals surface area contributed by atoms with Gasteiger partial charge in [-0.25, -0.2) is 0 Å². The van der Waals surface area contributed by atoms with Crippen LogP contribution in [0.5, 0.6) is 0 Å². The fraction of sp³-hybridized carbons (Fsp3) is 0.240. The number of piperazine rings is 1. The zero-order valence-corrected chi connectivity index (χ0v) is 16.9. The van der Waals surface area contributed by atoms with E-state index >= 15 is 0 Å². The van der Waals surface area contributed by atoms with E-state index in [4.69, 9.17) is 0 Å². The predicted octanol–water partition coefficient (Wildman–Crippen LogP) is 3.33. The van der Waals surface area contributed by atoms with E-state index in [1.54, 1.807) is 4.90 Å². The Morgan fingerprint density at radius 2 is 1.48 bits per heavy atom. The maximum absolute atomic E-state index is 12.6. The average Bonchev–Trinajstić information content (AvgIpc) is 2.80. The first-order valence-corrected chi connectivity index (χ1v) is 10.4. The molecule has 0 aliphatic carbocycles. The van der Waals surface area contributed by atoms with Crippen LogP contribution in [0.2, 0.25) is 0 Å². The minimum atomic E-state index is -0.0856. The molecule has 4 rings (SSSR count). The smallest absolute Gasteiger partial charge is 0.255 e. The van der Waals surface area contributed by atoms with Crippen LogP contribution in [0.25, 0.3) is 11.1 Å². The number of carbonyl (C=O) groups is 1. The van der Waals surface area contributed by atoms with E-state index in [9.17, 15) is 4.79 Å². The molecule has 148 valence electrons. The highest BCUT2D eigenvalue weighted by molar-refractivity contribution is 6.04. The topological polar surface area (TPSA) is 36.8 Å². The van der Waals surface area contributed by atoms with Crippen LogP contribution in [0.15, 0.2) is 78.9 Å². The first-order chi connectivity index (χ1) is 14.2. The lowest BCUT2D eigenvalue weighted by atomic mass is 10.0. The van der Waals surface area contributed by atoms with E-state index in [0.717, 1.165) is 29.9 Å². The van der Waals surface area contributed by atoms with Crippen LogP contribution in [0.3, 0.4) is 0 Å². The molecule has 29 heavy (non-hydrogen) atoms. The standard InChI is InChI=1S/C25H27N3O/c1-2-27-16-18-28(19-17-27)24-14-12-23(13-15-24)26-25(29)22-10-8-21(9-11-22)20-6-4-3-5-7-20/h3-15H,2,16-19H2,1H3,(H,26,29)/p+1. The summed E-state index contributed by atoms with van der Waals surface area (Å²) in [5.74, 6) is -0.0856. The highest BCUT2D eigenvalue weighted by Crippen LogP contribution is 2.21. The van der Waals surface area contributed by atoms with E-state index in [-0.39, 0.29) is 5.91 Å². The second-order valence-electron chi connectivity index (χ2n) is 7.53. The summed E-state index contributed by atoms with van der Waals surface area (Å²) in [6.07, 6.45) is 0. The monoisotopic (exact) mass is 386 g/mol. The first-order valence-electron chi connectivity index (χ1n) is 10.4. The Kier molecular flexibility index (Phi) is 5.92. The van der Waals surface area contributed by atoms with Gasteiger partial charge in [-0.2, -0.15) is 0 Å². The molecule has 3 aromatic carbocycles. The second kappa shape index (κ2) is 8.93. The van der Waals surface area contributed by atoms with E-state index in [1.807, 2.05) is 54.6 Å². The molecule has 1 fully saturated rings.